The molecule has 0 saturated carbocycles. The van der Waals surface area contributed by atoms with Crippen molar-refractivity contribution in [3.05, 3.63) is 23.8 Å². The van der Waals surface area contributed by atoms with Crippen molar-refractivity contribution in [1.29, 1.82) is 0 Å². The van der Waals surface area contributed by atoms with Crippen molar-refractivity contribution in [3.8, 4) is 11.5 Å². The second-order valence-corrected chi connectivity index (χ2v) is 3.98. The van der Waals surface area contributed by atoms with Crippen LogP contribution in [0.3, 0.4) is 0 Å². The molecular formula is C13H17ClO3. The number of hydrogen-bond acceptors (Lipinski definition) is 3. The Labute approximate surface area is 107 Å². The number of carbonyl (C=O) groups excluding carboxylic acids is 1. The number of Topliss-reactive ketones (excluding diaryl/α,β-unsaturated/α-hetero) is 1. The molecule has 0 aliphatic rings. The quantitative estimate of drug-likeness (QED) is 0.732. The van der Waals surface area contributed by atoms with Gasteiger partial charge in [0.15, 0.2) is 5.78 Å². The molecule has 0 aliphatic heterocycles. The van der Waals surface area contributed by atoms with E-state index in [1.54, 1.807) is 18.2 Å². The second kappa shape index (κ2) is 6.50. The molecule has 1 aromatic rings. The van der Waals surface area contributed by atoms with E-state index in [2.05, 4.69) is 0 Å². The standard InChI is InChI=1S/C13H17ClO3/c1-4-16-10-6-7-11(13(14)9(3)15)12(8-10)17-5-2/h6-8,13H,4-5H2,1-3H3. The van der Waals surface area contributed by atoms with Gasteiger partial charge in [-0.2, -0.15) is 0 Å². The van der Waals surface area contributed by atoms with E-state index in [0.717, 1.165) is 0 Å². The van der Waals surface area contributed by atoms with Crippen LogP contribution in [-0.2, 0) is 4.79 Å². The fourth-order valence-electron chi connectivity index (χ4n) is 1.48. The van der Waals surface area contributed by atoms with Crippen LogP contribution in [0.2, 0.25) is 0 Å². The lowest BCUT2D eigenvalue weighted by atomic mass is 10.1. The van der Waals surface area contributed by atoms with Crippen LogP contribution >= 0.6 is 11.6 Å². The summed E-state index contributed by atoms with van der Waals surface area (Å²) >= 11 is 6.04. The number of alkyl halides is 1. The zero-order valence-electron chi connectivity index (χ0n) is 10.3. The van der Waals surface area contributed by atoms with E-state index in [-0.39, 0.29) is 5.78 Å². The van der Waals surface area contributed by atoms with Crippen molar-refractivity contribution < 1.29 is 14.3 Å². The van der Waals surface area contributed by atoms with Crippen LogP contribution in [-0.4, -0.2) is 19.0 Å². The molecule has 1 atom stereocenters. The highest BCUT2D eigenvalue weighted by atomic mass is 35.5. The van der Waals surface area contributed by atoms with Crippen LogP contribution in [0.1, 0.15) is 31.7 Å². The average Bonchev–Trinajstić information content (AvgIpc) is 2.29. The minimum absolute atomic E-state index is 0.100. The highest BCUT2D eigenvalue weighted by molar-refractivity contribution is 6.31. The van der Waals surface area contributed by atoms with Crippen LogP contribution in [0.15, 0.2) is 18.2 Å². The molecule has 1 unspecified atom stereocenters. The molecule has 0 aromatic heterocycles. The maximum atomic E-state index is 11.3. The SMILES string of the molecule is CCOc1ccc(C(Cl)C(C)=O)c(OCC)c1. The van der Waals surface area contributed by atoms with Gasteiger partial charge in [0.1, 0.15) is 16.9 Å². The first-order chi connectivity index (χ1) is 8.10. The molecule has 0 aliphatic carbocycles. The average molecular weight is 257 g/mol. The number of hydrogen-bond donors (Lipinski definition) is 0. The minimum Gasteiger partial charge on any atom is -0.494 e. The van der Waals surface area contributed by atoms with Crippen LogP contribution in [0, 0.1) is 0 Å². The Balaban J connectivity index is 3.07. The summed E-state index contributed by atoms with van der Waals surface area (Å²) in [5.41, 5.74) is 0.685. The van der Waals surface area contributed by atoms with Crippen molar-refractivity contribution in [1.82, 2.24) is 0 Å². The molecule has 1 rings (SSSR count). The number of ketones is 1. The topological polar surface area (TPSA) is 35.5 Å². The first-order valence-corrected chi connectivity index (χ1v) is 6.07. The summed E-state index contributed by atoms with van der Waals surface area (Å²) in [6, 6.07) is 5.33. The molecule has 0 radical (unpaired) electrons. The van der Waals surface area contributed by atoms with Gasteiger partial charge in [0.25, 0.3) is 0 Å². The molecule has 0 saturated heterocycles. The van der Waals surface area contributed by atoms with E-state index in [1.165, 1.54) is 6.92 Å². The molecule has 0 heterocycles. The number of ether oxygens (including phenoxy) is 2. The van der Waals surface area contributed by atoms with Gasteiger partial charge in [0.05, 0.1) is 13.2 Å². The van der Waals surface area contributed by atoms with Crippen molar-refractivity contribution in [3.63, 3.8) is 0 Å². The highest BCUT2D eigenvalue weighted by Crippen LogP contribution is 2.33. The predicted molar refractivity (Wildman–Crippen MR) is 68.1 cm³/mol. The summed E-state index contributed by atoms with van der Waals surface area (Å²) in [6.07, 6.45) is 0. The fraction of sp³-hybridized carbons (Fsp3) is 0.462. The largest absolute Gasteiger partial charge is 0.494 e. The smallest absolute Gasteiger partial charge is 0.152 e. The molecule has 0 fully saturated rings. The van der Waals surface area contributed by atoms with Crippen molar-refractivity contribution in [2.45, 2.75) is 26.1 Å². The van der Waals surface area contributed by atoms with Crippen LogP contribution < -0.4 is 9.47 Å². The van der Waals surface area contributed by atoms with E-state index in [9.17, 15) is 4.79 Å². The number of benzene rings is 1. The Morgan fingerprint density at radius 3 is 2.47 bits per heavy atom. The maximum Gasteiger partial charge on any atom is 0.152 e. The summed E-state index contributed by atoms with van der Waals surface area (Å²) in [5, 5.41) is -0.674. The first-order valence-electron chi connectivity index (χ1n) is 5.64. The van der Waals surface area contributed by atoms with Crippen molar-refractivity contribution >= 4 is 17.4 Å². The van der Waals surface area contributed by atoms with Crippen molar-refractivity contribution in [2.24, 2.45) is 0 Å². The first kappa shape index (κ1) is 13.8. The molecule has 0 N–H and O–H groups in total. The lowest BCUT2D eigenvalue weighted by molar-refractivity contribution is -0.116. The Bertz CT molecular complexity index is 390. The van der Waals surface area contributed by atoms with Gasteiger partial charge >= 0.3 is 0 Å². The molecule has 0 spiro atoms. The zero-order chi connectivity index (χ0) is 12.8. The normalized spacial score (nSPS) is 12.0. The Morgan fingerprint density at radius 2 is 1.94 bits per heavy atom. The molecule has 1 aromatic carbocycles. The van der Waals surface area contributed by atoms with E-state index >= 15 is 0 Å². The summed E-state index contributed by atoms with van der Waals surface area (Å²) in [7, 11) is 0. The fourth-order valence-corrected chi connectivity index (χ4v) is 1.66. The van der Waals surface area contributed by atoms with Gasteiger partial charge in [-0.15, -0.1) is 11.6 Å². The zero-order valence-corrected chi connectivity index (χ0v) is 11.1. The van der Waals surface area contributed by atoms with Gasteiger partial charge in [-0.05, 0) is 32.9 Å². The van der Waals surface area contributed by atoms with Gasteiger partial charge < -0.3 is 9.47 Å². The third-order valence-corrected chi connectivity index (χ3v) is 2.77. The van der Waals surface area contributed by atoms with Crippen LogP contribution in [0.4, 0.5) is 0 Å². The van der Waals surface area contributed by atoms with Gasteiger partial charge in [-0.1, -0.05) is 0 Å². The monoisotopic (exact) mass is 256 g/mol. The van der Waals surface area contributed by atoms with Crippen molar-refractivity contribution in [2.75, 3.05) is 13.2 Å². The predicted octanol–water partition coefficient (Wildman–Crippen LogP) is 3.35. The molecule has 0 bridgehead atoms. The summed E-state index contributed by atoms with van der Waals surface area (Å²) in [5.74, 6) is 1.22. The van der Waals surface area contributed by atoms with E-state index in [1.807, 2.05) is 13.8 Å². The maximum absolute atomic E-state index is 11.3. The summed E-state index contributed by atoms with van der Waals surface area (Å²) in [6.45, 7) is 6.36. The molecule has 0 amide bonds. The second-order valence-electron chi connectivity index (χ2n) is 3.54. The minimum atomic E-state index is -0.674. The van der Waals surface area contributed by atoms with E-state index < -0.39 is 5.38 Å². The molecular weight excluding hydrogens is 240 g/mol. The third-order valence-electron chi connectivity index (χ3n) is 2.23. The molecule has 17 heavy (non-hydrogen) atoms. The number of carbonyl (C=O) groups is 1. The summed E-state index contributed by atoms with van der Waals surface area (Å²) in [4.78, 5) is 11.3. The summed E-state index contributed by atoms with van der Waals surface area (Å²) < 4.78 is 10.9. The third kappa shape index (κ3) is 3.63. The molecule has 94 valence electrons. The highest BCUT2D eigenvalue weighted by Gasteiger charge is 2.18. The molecule has 3 nitrogen and oxygen atoms in total. The lowest BCUT2D eigenvalue weighted by Gasteiger charge is -2.14. The van der Waals surface area contributed by atoms with Crippen LogP contribution in [0.5, 0.6) is 11.5 Å². The van der Waals surface area contributed by atoms with Gasteiger partial charge in [-0.25, -0.2) is 0 Å². The Kier molecular flexibility index (Phi) is 5.29. The van der Waals surface area contributed by atoms with E-state index in [0.29, 0.717) is 30.3 Å². The molecule has 4 heteroatoms. The van der Waals surface area contributed by atoms with Gasteiger partial charge in [0.2, 0.25) is 0 Å². The number of halogens is 1. The Morgan fingerprint density at radius 1 is 1.29 bits per heavy atom. The lowest BCUT2D eigenvalue weighted by Crippen LogP contribution is -2.05. The van der Waals surface area contributed by atoms with Crippen LogP contribution in [0.25, 0.3) is 0 Å². The van der Waals surface area contributed by atoms with Gasteiger partial charge in [0, 0.05) is 11.6 Å². The van der Waals surface area contributed by atoms with Gasteiger partial charge in [-0.3, -0.25) is 4.79 Å². The Hall–Kier alpha value is -1.22. The van der Waals surface area contributed by atoms with E-state index in [4.69, 9.17) is 21.1 Å². The number of rotatable bonds is 6.